The van der Waals surface area contributed by atoms with Crippen molar-refractivity contribution >= 4 is 11.3 Å². The van der Waals surface area contributed by atoms with Crippen molar-refractivity contribution in [1.29, 1.82) is 0 Å². The number of aromatic nitrogens is 1. The minimum atomic E-state index is -0.229. The van der Waals surface area contributed by atoms with Gasteiger partial charge in [-0.3, -0.25) is 0 Å². The molecule has 0 radical (unpaired) electrons. The molecule has 29 heavy (non-hydrogen) atoms. The van der Waals surface area contributed by atoms with Crippen LogP contribution in [0.5, 0.6) is 0 Å². The van der Waals surface area contributed by atoms with Crippen molar-refractivity contribution in [2.45, 2.75) is 0 Å². The fourth-order valence-electron chi connectivity index (χ4n) is 3.69. The van der Waals surface area contributed by atoms with Gasteiger partial charge >= 0.3 is 0 Å². The molecular weight excluding hydrogens is 377 g/mol. The largest absolute Gasteiger partial charge is 0.309 e. The van der Waals surface area contributed by atoms with E-state index in [0.717, 1.165) is 33.8 Å². The molecule has 5 rings (SSSR count). The van der Waals surface area contributed by atoms with E-state index in [9.17, 15) is 4.39 Å². The molecule has 0 saturated heterocycles. The van der Waals surface area contributed by atoms with Crippen LogP contribution in [0.4, 0.5) is 4.39 Å². The highest BCUT2D eigenvalue weighted by Gasteiger charge is 2.20. The summed E-state index contributed by atoms with van der Waals surface area (Å²) in [4.78, 5) is 1.19. The van der Waals surface area contributed by atoms with Crippen LogP contribution in [0.1, 0.15) is 0 Å². The second-order valence-electron chi connectivity index (χ2n) is 6.81. The smallest absolute Gasteiger partial charge is 0.123 e. The monoisotopic (exact) mass is 395 g/mol. The third-order valence-electron chi connectivity index (χ3n) is 4.99. The normalized spacial score (nSPS) is 10.9. The van der Waals surface area contributed by atoms with E-state index in [0.29, 0.717) is 0 Å². The number of halogens is 1. The van der Waals surface area contributed by atoms with Gasteiger partial charge in [-0.2, -0.15) is 0 Å². The zero-order chi connectivity index (χ0) is 19.6. The highest BCUT2D eigenvalue weighted by molar-refractivity contribution is 7.13. The molecule has 2 aromatic heterocycles. The third kappa shape index (κ3) is 3.30. The van der Waals surface area contributed by atoms with E-state index in [4.69, 9.17) is 0 Å². The molecule has 0 saturated carbocycles. The van der Waals surface area contributed by atoms with Crippen LogP contribution < -0.4 is 0 Å². The number of benzene rings is 3. The summed E-state index contributed by atoms with van der Waals surface area (Å²) in [7, 11) is 0. The van der Waals surface area contributed by atoms with Crippen molar-refractivity contribution in [1.82, 2.24) is 4.57 Å². The molecule has 0 aliphatic heterocycles. The fraction of sp³-hybridized carbons (Fsp3) is 0. The Morgan fingerprint density at radius 1 is 0.655 bits per heavy atom. The van der Waals surface area contributed by atoms with Gasteiger partial charge in [-0.1, -0.05) is 54.6 Å². The van der Waals surface area contributed by atoms with Gasteiger partial charge in [0.25, 0.3) is 0 Å². The Labute approximate surface area is 173 Å². The minimum absolute atomic E-state index is 0.229. The summed E-state index contributed by atoms with van der Waals surface area (Å²) in [6, 6.07) is 33.9. The molecule has 0 N–H and O–H groups in total. The van der Waals surface area contributed by atoms with E-state index >= 15 is 0 Å². The first-order chi connectivity index (χ1) is 14.3. The first kappa shape index (κ1) is 17.7. The highest BCUT2D eigenvalue weighted by atomic mass is 32.1. The lowest BCUT2D eigenvalue weighted by atomic mass is 10.1. The molecular formula is C26H18FNS. The summed E-state index contributed by atoms with van der Waals surface area (Å²) in [5.74, 6) is -0.229. The Hall–Kier alpha value is -3.43. The van der Waals surface area contributed by atoms with E-state index in [1.807, 2.05) is 36.4 Å². The Morgan fingerprint density at radius 3 is 2.00 bits per heavy atom. The lowest BCUT2D eigenvalue weighted by Gasteiger charge is -2.15. The molecule has 0 atom stereocenters. The van der Waals surface area contributed by atoms with Gasteiger partial charge in [-0.05, 0) is 65.0 Å². The molecule has 3 aromatic carbocycles. The summed E-state index contributed by atoms with van der Waals surface area (Å²) >= 11 is 1.71. The van der Waals surface area contributed by atoms with E-state index < -0.39 is 0 Å². The number of thiophene rings is 1. The van der Waals surface area contributed by atoms with Crippen molar-refractivity contribution in [3.63, 3.8) is 0 Å². The zero-order valence-corrected chi connectivity index (χ0v) is 16.4. The predicted molar refractivity (Wildman–Crippen MR) is 120 cm³/mol. The van der Waals surface area contributed by atoms with Crippen LogP contribution in [0.25, 0.3) is 38.6 Å². The van der Waals surface area contributed by atoms with Gasteiger partial charge in [0, 0.05) is 16.1 Å². The zero-order valence-electron chi connectivity index (χ0n) is 15.6. The van der Waals surface area contributed by atoms with Crippen molar-refractivity contribution in [2.24, 2.45) is 0 Å². The summed E-state index contributed by atoms with van der Waals surface area (Å²) in [6.07, 6.45) is 0. The van der Waals surface area contributed by atoms with Crippen LogP contribution in [0.15, 0.2) is 109 Å². The standard InChI is InChI=1S/C26H18FNS/c27-21-15-13-20(14-16-21)26-23(25-12-7-17-29-25)18-24(19-8-3-1-4-9-19)28(26)22-10-5-2-6-11-22/h1-18H. The van der Waals surface area contributed by atoms with Gasteiger partial charge in [0.2, 0.25) is 0 Å². The van der Waals surface area contributed by atoms with Crippen LogP contribution in [-0.4, -0.2) is 4.57 Å². The molecule has 3 heteroatoms. The van der Waals surface area contributed by atoms with Gasteiger partial charge < -0.3 is 4.57 Å². The molecule has 0 amide bonds. The van der Waals surface area contributed by atoms with E-state index in [2.05, 4.69) is 64.5 Å². The molecule has 5 aromatic rings. The summed E-state index contributed by atoms with van der Waals surface area (Å²) < 4.78 is 15.9. The van der Waals surface area contributed by atoms with Crippen LogP contribution >= 0.6 is 11.3 Å². The van der Waals surface area contributed by atoms with Gasteiger partial charge in [0.15, 0.2) is 0 Å². The van der Waals surface area contributed by atoms with Gasteiger partial charge in [-0.15, -0.1) is 11.3 Å². The van der Waals surface area contributed by atoms with Crippen LogP contribution in [0.2, 0.25) is 0 Å². The highest BCUT2D eigenvalue weighted by Crippen LogP contribution is 2.42. The van der Waals surface area contributed by atoms with E-state index in [1.165, 1.54) is 17.0 Å². The average Bonchev–Trinajstić information content (AvgIpc) is 3.44. The Balaban J connectivity index is 1.88. The van der Waals surface area contributed by atoms with Crippen molar-refractivity contribution in [2.75, 3.05) is 0 Å². The number of para-hydroxylation sites is 1. The van der Waals surface area contributed by atoms with Crippen molar-refractivity contribution in [3.8, 4) is 38.6 Å². The minimum Gasteiger partial charge on any atom is -0.309 e. The maximum atomic E-state index is 13.7. The Morgan fingerprint density at radius 2 is 1.34 bits per heavy atom. The molecule has 0 aliphatic rings. The van der Waals surface area contributed by atoms with E-state index in [1.54, 1.807) is 11.3 Å². The lowest BCUT2D eigenvalue weighted by Crippen LogP contribution is -1.99. The maximum Gasteiger partial charge on any atom is 0.123 e. The molecule has 1 nitrogen and oxygen atoms in total. The first-order valence-corrected chi connectivity index (χ1v) is 10.4. The quantitative estimate of drug-likeness (QED) is 0.294. The second-order valence-corrected chi connectivity index (χ2v) is 7.76. The fourth-order valence-corrected chi connectivity index (χ4v) is 4.43. The Bertz CT molecular complexity index is 1220. The summed E-state index contributed by atoms with van der Waals surface area (Å²) in [5, 5.41) is 2.09. The van der Waals surface area contributed by atoms with Crippen LogP contribution in [0, 0.1) is 5.82 Å². The molecule has 140 valence electrons. The van der Waals surface area contributed by atoms with Crippen molar-refractivity contribution < 1.29 is 4.39 Å². The topological polar surface area (TPSA) is 4.93 Å². The van der Waals surface area contributed by atoms with Crippen molar-refractivity contribution in [3.05, 3.63) is 114 Å². The summed E-state index contributed by atoms with van der Waals surface area (Å²) in [6.45, 7) is 0. The van der Waals surface area contributed by atoms with Crippen LogP contribution in [0.3, 0.4) is 0 Å². The third-order valence-corrected chi connectivity index (χ3v) is 5.89. The molecule has 0 fully saturated rings. The number of hydrogen-bond acceptors (Lipinski definition) is 1. The number of hydrogen-bond donors (Lipinski definition) is 0. The number of rotatable bonds is 4. The summed E-state index contributed by atoms with van der Waals surface area (Å²) in [5.41, 5.74) is 6.53. The lowest BCUT2D eigenvalue weighted by molar-refractivity contribution is 0.628. The predicted octanol–water partition coefficient (Wildman–Crippen LogP) is 7.68. The van der Waals surface area contributed by atoms with Gasteiger partial charge in [0.1, 0.15) is 5.82 Å². The number of nitrogens with zero attached hydrogens (tertiary/aromatic N) is 1. The van der Waals surface area contributed by atoms with Gasteiger partial charge in [-0.25, -0.2) is 4.39 Å². The van der Waals surface area contributed by atoms with Gasteiger partial charge in [0.05, 0.1) is 11.4 Å². The first-order valence-electron chi connectivity index (χ1n) is 9.48. The average molecular weight is 396 g/mol. The molecule has 0 aliphatic carbocycles. The van der Waals surface area contributed by atoms with Crippen LogP contribution in [-0.2, 0) is 0 Å². The Kier molecular flexibility index (Phi) is 4.59. The van der Waals surface area contributed by atoms with E-state index in [-0.39, 0.29) is 5.82 Å². The maximum absolute atomic E-state index is 13.7. The molecule has 2 heterocycles. The molecule has 0 unspecified atom stereocenters. The molecule has 0 bridgehead atoms. The SMILES string of the molecule is Fc1ccc(-c2c(-c3cccs3)cc(-c3ccccc3)n2-c2ccccc2)cc1. The second kappa shape index (κ2) is 7.53. The molecule has 0 spiro atoms.